The van der Waals surface area contributed by atoms with Gasteiger partial charge >= 0.3 is 0 Å². The number of benzene rings is 2. The van der Waals surface area contributed by atoms with Gasteiger partial charge in [-0.25, -0.2) is 13.1 Å². The summed E-state index contributed by atoms with van der Waals surface area (Å²) in [6, 6.07) is 11.3. The van der Waals surface area contributed by atoms with Crippen LogP contribution < -0.4 is 14.4 Å². The van der Waals surface area contributed by atoms with Crippen molar-refractivity contribution in [2.24, 2.45) is 11.8 Å². The molecule has 0 saturated heterocycles. The molecule has 4 atom stereocenters. The molecular weight excluding hydrogens is 560 g/mol. The maximum Gasteiger partial charge on any atom is 0.264 e. The van der Waals surface area contributed by atoms with Crippen molar-refractivity contribution in [3.8, 4) is 5.75 Å². The van der Waals surface area contributed by atoms with Crippen LogP contribution in [-0.4, -0.2) is 51.0 Å². The molecule has 1 spiro atoms. The van der Waals surface area contributed by atoms with Crippen LogP contribution in [0, 0.1) is 11.8 Å². The molecule has 1 heterocycles. The molecule has 1 aliphatic heterocycles. The predicted molar refractivity (Wildman–Crippen MR) is 163 cm³/mol. The van der Waals surface area contributed by atoms with Crippen molar-refractivity contribution in [3.05, 3.63) is 83.4 Å². The van der Waals surface area contributed by atoms with E-state index in [1.54, 1.807) is 24.3 Å². The van der Waals surface area contributed by atoms with Crippen LogP contribution in [0.25, 0.3) is 0 Å². The molecule has 3 aliphatic rings. The van der Waals surface area contributed by atoms with Gasteiger partial charge in [-0.1, -0.05) is 29.8 Å². The molecule has 2 aromatic rings. The summed E-state index contributed by atoms with van der Waals surface area (Å²) in [4.78, 5) is 15.4. The molecule has 1 amide bonds. The molecule has 2 aromatic carbocycles. The minimum absolute atomic E-state index is 0.200. The Bertz CT molecular complexity index is 1430. The van der Waals surface area contributed by atoms with Crippen molar-refractivity contribution < 1.29 is 23.1 Å². The van der Waals surface area contributed by atoms with E-state index in [0.29, 0.717) is 37.2 Å². The summed E-state index contributed by atoms with van der Waals surface area (Å²) in [5.41, 5.74) is 3.30. The number of aliphatic hydroxyl groups excluding tert-OH is 1. The number of ether oxygens (including phenoxy) is 1. The molecule has 0 radical (unpaired) electrons. The number of nitrogens with one attached hydrogen (secondary N) is 1. The summed E-state index contributed by atoms with van der Waals surface area (Å²) >= 11 is 6.37. The van der Waals surface area contributed by atoms with Gasteiger partial charge in [0.15, 0.2) is 0 Å². The van der Waals surface area contributed by atoms with Gasteiger partial charge in [0.1, 0.15) is 5.75 Å². The number of halogens is 1. The topological polar surface area (TPSA) is 95.9 Å². The van der Waals surface area contributed by atoms with Gasteiger partial charge in [-0.05, 0) is 98.2 Å². The fourth-order valence-electron chi connectivity index (χ4n) is 6.62. The Morgan fingerprint density at radius 2 is 2.02 bits per heavy atom. The zero-order chi connectivity index (χ0) is 29.2. The summed E-state index contributed by atoms with van der Waals surface area (Å²) in [5, 5.41) is 11.0. The van der Waals surface area contributed by atoms with Gasteiger partial charge in [0, 0.05) is 29.1 Å². The lowest BCUT2D eigenvalue weighted by molar-refractivity contribution is 0.0980. The van der Waals surface area contributed by atoms with Crippen LogP contribution in [0.5, 0.6) is 5.75 Å². The molecular formula is C32H39ClN2O5S. The average Bonchev–Trinajstić information content (AvgIpc) is 3.09. The summed E-state index contributed by atoms with van der Waals surface area (Å²) < 4.78 is 33.5. The Morgan fingerprint density at radius 1 is 1.22 bits per heavy atom. The third-order valence-corrected chi connectivity index (χ3v) is 10.5. The summed E-state index contributed by atoms with van der Waals surface area (Å²) in [5.74, 6) is 0.566. The number of nitrogens with zero attached hydrogens (tertiary/aromatic N) is 1. The first kappa shape index (κ1) is 29.7. The van der Waals surface area contributed by atoms with Crippen LogP contribution >= 0.6 is 11.6 Å². The van der Waals surface area contributed by atoms with E-state index in [9.17, 15) is 18.3 Å². The minimum Gasteiger partial charge on any atom is -0.490 e. The molecule has 1 fully saturated rings. The Kier molecular flexibility index (Phi) is 8.83. The molecule has 0 bridgehead atoms. The maximum atomic E-state index is 13.1. The fourth-order valence-corrected chi connectivity index (χ4v) is 7.80. The molecule has 2 aliphatic carbocycles. The van der Waals surface area contributed by atoms with Crippen molar-refractivity contribution in [1.29, 1.82) is 0 Å². The summed E-state index contributed by atoms with van der Waals surface area (Å²) in [6.07, 6.45) is 8.59. The number of carbonyl (C=O) groups is 1. The first-order valence-electron chi connectivity index (χ1n) is 14.4. The van der Waals surface area contributed by atoms with E-state index in [1.165, 1.54) is 17.2 Å². The fraction of sp³-hybridized carbons (Fsp3) is 0.469. The highest BCUT2D eigenvalue weighted by molar-refractivity contribution is 7.90. The number of carbonyl (C=O) groups excluding carboxylic acids is 1. The van der Waals surface area contributed by atoms with Crippen LogP contribution in [0.2, 0.25) is 5.02 Å². The third-order valence-electron chi connectivity index (χ3n) is 8.98. The largest absolute Gasteiger partial charge is 0.490 e. The first-order chi connectivity index (χ1) is 19.6. The van der Waals surface area contributed by atoms with Crippen molar-refractivity contribution in [3.63, 3.8) is 0 Å². The van der Waals surface area contributed by atoms with E-state index in [2.05, 4.69) is 34.9 Å². The molecule has 2 N–H and O–H groups in total. The number of aliphatic hydroxyl groups is 1. The Labute approximate surface area is 248 Å². The van der Waals surface area contributed by atoms with E-state index in [4.69, 9.17) is 16.3 Å². The number of fused-ring (bicyclic) bond motifs is 3. The average molecular weight is 599 g/mol. The number of aryl methyl sites for hydroxylation is 1. The second-order valence-corrected chi connectivity index (χ2v) is 14.0. The van der Waals surface area contributed by atoms with Crippen LogP contribution in [0.1, 0.15) is 60.0 Å². The van der Waals surface area contributed by atoms with Gasteiger partial charge in [0.25, 0.3) is 5.91 Å². The van der Waals surface area contributed by atoms with Gasteiger partial charge in [-0.3, -0.25) is 4.79 Å². The van der Waals surface area contributed by atoms with Crippen LogP contribution in [0.4, 0.5) is 5.69 Å². The maximum absolute atomic E-state index is 13.1. The summed E-state index contributed by atoms with van der Waals surface area (Å²) in [6.45, 7) is 9.24. The number of sulfonamides is 1. The standard InChI is InChI=1S/C32H39ClN2O5S/c1-3-5-15-41(38,39)34-31(37)24-10-13-30-29(18-24)35(19-25-9-8-22(25)17-27(36)4-2)20-32(21-40-30)14-6-7-23-16-26(33)11-12-28(23)32/h3-4,10-13,16,18,22,25,27,36H,1-2,5-9,14-15,17,19-21H2,(H,34,37)/t22-,25-,27?,32-/m0/s1. The van der Waals surface area contributed by atoms with E-state index in [0.717, 1.165) is 49.4 Å². The minimum atomic E-state index is -3.79. The lowest BCUT2D eigenvalue weighted by Gasteiger charge is -2.45. The van der Waals surface area contributed by atoms with E-state index in [-0.39, 0.29) is 23.2 Å². The Morgan fingerprint density at radius 3 is 2.76 bits per heavy atom. The molecule has 7 nitrogen and oxygen atoms in total. The second-order valence-electron chi connectivity index (χ2n) is 11.8. The molecule has 1 unspecified atom stereocenters. The predicted octanol–water partition coefficient (Wildman–Crippen LogP) is 5.41. The molecule has 5 rings (SSSR count). The SMILES string of the molecule is C=CCCS(=O)(=O)NC(=O)c1ccc2c(c1)N(C[C@@H]1CC[C@H]1CC(O)C=C)C[C@@]1(CCCc3cc(Cl)ccc31)CO2. The number of allylic oxidation sites excluding steroid dienone is 1. The van der Waals surface area contributed by atoms with Crippen molar-refractivity contribution in [2.75, 3.05) is 30.3 Å². The highest BCUT2D eigenvalue weighted by Gasteiger charge is 2.43. The van der Waals surface area contributed by atoms with E-state index < -0.39 is 22.0 Å². The van der Waals surface area contributed by atoms with Gasteiger partial charge in [0.05, 0.1) is 24.2 Å². The van der Waals surface area contributed by atoms with E-state index in [1.807, 2.05) is 6.07 Å². The van der Waals surface area contributed by atoms with Gasteiger partial charge in [-0.2, -0.15) is 0 Å². The third kappa shape index (κ3) is 6.50. The lowest BCUT2D eigenvalue weighted by atomic mass is 9.68. The van der Waals surface area contributed by atoms with Crippen LogP contribution in [-0.2, 0) is 21.9 Å². The molecule has 0 aromatic heterocycles. The highest BCUT2D eigenvalue weighted by Crippen LogP contribution is 2.46. The molecule has 220 valence electrons. The van der Waals surface area contributed by atoms with Gasteiger partial charge in [0.2, 0.25) is 10.0 Å². The second kappa shape index (κ2) is 12.2. The molecule has 1 saturated carbocycles. The molecule has 9 heteroatoms. The highest BCUT2D eigenvalue weighted by atomic mass is 35.5. The zero-order valence-corrected chi connectivity index (χ0v) is 24.9. The zero-order valence-electron chi connectivity index (χ0n) is 23.4. The van der Waals surface area contributed by atoms with Crippen LogP contribution in [0.3, 0.4) is 0 Å². The smallest absolute Gasteiger partial charge is 0.264 e. The Hall–Kier alpha value is -2.81. The molecule has 41 heavy (non-hydrogen) atoms. The van der Waals surface area contributed by atoms with Gasteiger partial charge in [-0.15, -0.1) is 13.2 Å². The number of anilines is 1. The van der Waals surface area contributed by atoms with E-state index >= 15 is 0 Å². The van der Waals surface area contributed by atoms with Crippen LogP contribution in [0.15, 0.2) is 61.7 Å². The monoisotopic (exact) mass is 598 g/mol. The van der Waals surface area contributed by atoms with Crippen molar-refractivity contribution in [1.82, 2.24) is 4.72 Å². The Balaban J connectivity index is 1.48. The van der Waals surface area contributed by atoms with Crippen molar-refractivity contribution >= 4 is 33.2 Å². The summed E-state index contributed by atoms with van der Waals surface area (Å²) in [7, 11) is -3.79. The number of hydrogen-bond donors (Lipinski definition) is 2. The number of rotatable bonds is 10. The quantitative estimate of drug-likeness (QED) is 0.355. The van der Waals surface area contributed by atoms with Gasteiger partial charge < -0.3 is 14.7 Å². The number of amides is 1. The lowest BCUT2D eigenvalue weighted by Crippen LogP contribution is -2.48. The normalized spacial score (nSPS) is 24.2. The first-order valence-corrected chi connectivity index (χ1v) is 16.4. The van der Waals surface area contributed by atoms with Crippen molar-refractivity contribution in [2.45, 2.75) is 56.5 Å². The number of hydrogen-bond acceptors (Lipinski definition) is 6.